The van der Waals surface area contributed by atoms with E-state index < -0.39 is 11.6 Å². The number of aliphatic hydroxyl groups is 1. The summed E-state index contributed by atoms with van der Waals surface area (Å²) in [5, 5.41) is 19.9. The van der Waals surface area contributed by atoms with E-state index in [0.29, 0.717) is 11.4 Å². The molecular weight excluding hydrogens is 244 g/mol. The lowest BCUT2D eigenvalue weighted by atomic mass is 9.93. The second-order valence-electron chi connectivity index (χ2n) is 4.36. The van der Waals surface area contributed by atoms with E-state index >= 15 is 0 Å². The van der Waals surface area contributed by atoms with Gasteiger partial charge < -0.3 is 10.2 Å². The largest absolute Gasteiger partial charge is 0.478 e. The van der Waals surface area contributed by atoms with Crippen LogP contribution in [0, 0.1) is 13.8 Å². The Morgan fingerprint density at radius 2 is 1.63 bits per heavy atom. The number of aromatic nitrogens is 2. The minimum absolute atomic E-state index is 0.122. The van der Waals surface area contributed by atoms with Crippen molar-refractivity contribution in [2.45, 2.75) is 19.4 Å². The zero-order chi connectivity index (χ0) is 14.0. The minimum Gasteiger partial charge on any atom is -0.478 e. The lowest BCUT2D eigenvalue weighted by Gasteiger charge is -2.22. The van der Waals surface area contributed by atoms with Gasteiger partial charge in [0.15, 0.2) is 5.82 Å². The van der Waals surface area contributed by atoms with Gasteiger partial charge in [-0.3, -0.25) is 0 Å². The maximum Gasteiger partial charge on any atom is 0.348 e. The lowest BCUT2D eigenvalue weighted by molar-refractivity contribution is -0.155. The van der Waals surface area contributed by atoms with Gasteiger partial charge in [-0.15, -0.1) is 0 Å². The fourth-order valence-corrected chi connectivity index (χ4v) is 1.92. The van der Waals surface area contributed by atoms with Gasteiger partial charge in [0.2, 0.25) is 5.60 Å². The summed E-state index contributed by atoms with van der Waals surface area (Å²) in [7, 11) is 0. The Morgan fingerprint density at radius 1 is 1.11 bits per heavy atom. The third kappa shape index (κ3) is 2.32. The molecule has 1 atom stereocenters. The van der Waals surface area contributed by atoms with E-state index in [4.69, 9.17) is 0 Å². The first kappa shape index (κ1) is 13.2. The van der Waals surface area contributed by atoms with Crippen LogP contribution < -0.4 is 0 Å². The Bertz CT molecular complexity index is 593. The van der Waals surface area contributed by atoms with Crippen LogP contribution in [0.1, 0.15) is 22.8 Å². The molecule has 5 nitrogen and oxygen atoms in total. The molecule has 98 valence electrons. The molecule has 0 aliphatic heterocycles. The monoisotopic (exact) mass is 258 g/mol. The molecular formula is C14H14N2O3. The smallest absolute Gasteiger partial charge is 0.348 e. The fourth-order valence-electron chi connectivity index (χ4n) is 1.92. The van der Waals surface area contributed by atoms with E-state index in [1.54, 1.807) is 38.1 Å². The second kappa shape index (κ2) is 4.78. The van der Waals surface area contributed by atoms with Gasteiger partial charge in [-0.2, -0.15) is 0 Å². The van der Waals surface area contributed by atoms with Crippen LogP contribution in [0.15, 0.2) is 36.4 Å². The van der Waals surface area contributed by atoms with Crippen LogP contribution in [-0.2, 0) is 10.4 Å². The number of aryl methyl sites for hydroxylation is 2. The highest BCUT2D eigenvalue weighted by atomic mass is 16.4. The Kier molecular flexibility index (Phi) is 3.31. The van der Waals surface area contributed by atoms with Gasteiger partial charge in [-0.25, -0.2) is 14.8 Å². The van der Waals surface area contributed by atoms with Crippen LogP contribution in [0.2, 0.25) is 0 Å². The maximum absolute atomic E-state index is 11.5. The summed E-state index contributed by atoms with van der Waals surface area (Å²) in [5.74, 6) is -1.52. The van der Waals surface area contributed by atoms with Crippen molar-refractivity contribution in [3.05, 3.63) is 59.2 Å². The number of carboxylic acids is 1. The second-order valence-corrected chi connectivity index (χ2v) is 4.36. The number of nitrogens with zero attached hydrogens (tertiary/aromatic N) is 2. The van der Waals surface area contributed by atoms with E-state index in [0.717, 1.165) is 0 Å². The molecule has 5 heteroatoms. The molecule has 0 aliphatic carbocycles. The highest BCUT2D eigenvalue weighted by molar-refractivity contribution is 5.82. The average Bonchev–Trinajstić information content (AvgIpc) is 2.37. The van der Waals surface area contributed by atoms with Gasteiger partial charge in [0.05, 0.1) is 0 Å². The molecule has 0 saturated heterocycles. The van der Waals surface area contributed by atoms with Crippen molar-refractivity contribution in [1.29, 1.82) is 0 Å². The molecule has 0 spiro atoms. The average molecular weight is 258 g/mol. The summed E-state index contributed by atoms with van der Waals surface area (Å²) in [6.45, 7) is 3.46. The molecule has 0 amide bonds. The summed E-state index contributed by atoms with van der Waals surface area (Å²) < 4.78 is 0. The number of benzene rings is 1. The van der Waals surface area contributed by atoms with E-state index in [2.05, 4.69) is 9.97 Å². The van der Waals surface area contributed by atoms with Crippen LogP contribution in [0.25, 0.3) is 0 Å². The Morgan fingerprint density at radius 3 is 2.11 bits per heavy atom. The third-order valence-corrected chi connectivity index (χ3v) is 2.81. The van der Waals surface area contributed by atoms with Crippen molar-refractivity contribution < 1.29 is 15.0 Å². The lowest BCUT2D eigenvalue weighted by Crippen LogP contribution is -2.39. The molecule has 19 heavy (non-hydrogen) atoms. The van der Waals surface area contributed by atoms with E-state index in [-0.39, 0.29) is 11.4 Å². The fraction of sp³-hybridized carbons (Fsp3) is 0.214. The van der Waals surface area contributed by atoms with Gasteiger partial charge in [0.1, 0.15) is 0 Å². The molecule has 0 fully saturated rings. The number of hydrogen-bond donors (Lipinski definition) is 2. The first-order chi connectivity index (χ1) is 8.94. The SMILES string of the molecule is Cc1cc(C)nc(C(O)(C(=O)O)c2ccccc2)n1. The summed E-state index contributed by atoms with van der Waals surface area (Å²) in [6, 6.07) is 9.85. The Labute approximate surface area is 110 Å². The van der Waals surface area contributed by atoms with Gasteiger partial charge >= 0.3 is 5.97 Å². The van der Waals surface area contributed by atoms with Crippen molar-refractivity contribution in [3.8, 4) is 0 Å². The first-order valence-corrected chi connectivity index (χ1v) is 5.78. The van der Waals surface area contributed by atoms with Crippen LogP contribution >= 0.6 is 0 Å². The van der Waals surface area contributed by atoms with E-state index in [9.17, 15) is 15.0 Å². The van der Waals surface area contributed by atoms with Crippen LogP contribution in [0.4, 0.5) is 0 Å². The Hall–Kier alpha value is -2.27. The summed E-state index contributed by atoms with van der Waals surface area (Å²) in [4.78, 5) is 19.6. The van der Waals surface area contributed by atoms with Gasteiger partial charge in [-0.05, 0) is 19.9 Å². The topological polar surface area (TPSA) is 83.3 Å². The highest BCUT2D eigenvalue weighted by Gasteiger charge is 2.43. The summed E-state index contributed by atoms with van der Waals surface area (Å²) in [6.07, 6.45) is 0. The van der Waals surface area contributed by atoms with Crippen LogP contribution in [-0.4, -0.2) is 26.2 Å². The van der Waals surface area contributed by atoms with Crippen molar-refractivity contribution in [3.63, 3.8) is 0 Å². The van der Waals surface area contributed by atoms with E-state index in [1.165, 1.54) is 12.1 Å². The molecule has 1 heterocycles. The standard InChI is InChI=1S/C14H14N2O3/c1-9-8-10(2)16-12(15-9)14(19,13(17)18)11-6-4-3-5-7-11/h3-8,19H,1-2H3,(H,17,18). The van der Waals surface area contributed by atoms with Crippen molar-refractivity contribution in [2.24, 2.45) is 0 Å². The summed E-state index contributed by atoms with van der Waals surface area (Å²) in [5.41, 5.74) is -0.790. The molecule has 1 aromatic heterocycles. The van der Waals surface area contributed by atoms with Gasteiger partial charge in [0, 0.05) is 17.0 Å². The van der Waals surface area contributed by atoms with Crippen molar-refractivity contribution in [1.82, 2.24) is 9.97 Å². The van der Waals surface area contributed by atoms with Crippen molar-refractivity contribution >= 4 is 5.97 Å². The molecule has 0 saturated carbocycles. The number of carbonyl (C=O) groups is 1. The van der Waals surface area contributed by atoms with E-state index in [1.807, 2.05) is 0 Å². The number of rotatable bonds is 3. The molecule has 1 unspecified atom stereocenters. The predicted octanol–water partition coefficient (Wildman–Crippen LogP) is 1.41. The quantitative estimate of drug-likeness (QED) is 0.869. The van der Waals surface area contributed by atoms with Gasteiger partial charge in [-0.1, -0.05) is 30.3 Å². The first-order valence-electron chi connectivity index (χ1n) is 5.78. The van der Waals surface area contributed by atoms with Crippen LogP contribution in [0.3, 0.4) is 0 Å². The molecule has 2 aromatic rings. The molecule has 0 radical (unpaired) electrons. The van der Waals surface area contributed by atoms with Crippen LogP contribution in [0.5, 0.6) is 0 Å². The van der Waals surface area contributed by atoms with Crippen molar-refractivity contribution in [2.75, 3.05) is 0 Å². The zero-order valence-electron chi connectivity index (χ0n) is 10.7. The maximum atomic E-state index is 11.5. The molecule has 1 aromatic carbocycles. The molecule has 0 bridgehead atoms. The molecule has 0 aliphatic rings. The zero-order valence-corrected chi connectivity index (χ0v) is 10.7. The number of carboxylic acid groups (broad SMARTS) is 1. The normalized spacial score (nSPS) is 13.8. The third-order valence-electron chi connectivity index (χ3n) is 2.81. The number of aliphatic carboxylic acids is 1. The number of hydrogen-bond acceptors (Lipinski definition) is 4. The van der Waals surface area contributed by atoms with Gasteiger partial charge in [0.25, 0.3) is 0 Å². The minimum atomic E-state index is -2.24. The Balaban J connectivity index is 2.67. The highest BCUT2D eigenvalue weighted by Crippen LogP contribution is 2.27. The summed E-state index contributed by atoms with van der Waals surface area (Å²) >= 11 is 0. The molecule has 2 N–H and O–H groups in total. The predicted molar refractivity (Wildman–Crippen MR) is 68.6 cm³/mol. The molecule has 2 rings (SSSR count).